The fourth-order valence-electron chi connectivity index (χ4n) is 2.56. The predicted molar refractivity (Wildman–Crippen MR) is 111 cm³/mol. The van der Waals surface area contributed by atoms with Crippen molar-refractivity contribution >= 4 is 39.9 Å². The molecule has 3 aromatic rings. The molecule has 1 unspecified atom stereocenters. The van der Waals surface area contributed by atoms with Gasteiger partial charge >= 0.3 is 5.63 Å². The maximum atomic E-state index is 12.9. The highest BCUT2D eigenvalue weighted by atomic mass is 32.1. The van der Waals surface area contributed by atoms with Crippen molar-refractivity contribution in [3.05, 3.63) is 70.3 Å². The van der Waals surface area contributed by atoms with E-state index in [1.165, 1.54) is 30.3 Å². The predicted octanol–water partition coefficient (Wildman–Crippen LogP) is 3.03. The van der Waals surface area contributed by atoms with E-state index in [4.69, 9.17) is 21.4 Å². The molecule has 1 heterocycles. The van der Waals surface area contributed by atoms with Crippen LogP contribution < -0.4 is 26.5 Å². The number of aryl methyl sites for hydroxylation is 1. The van der Waals surface area contributed by atoms with E-state index in [0.29, 0.717) is 17.0 Å². The summed E-state index contributed by atoms with van der Waals surface area (Å²) < 4.78 is 23.5. The molecule has 0 radical (unpaired) electrons. The van der Waals surface area contributed by atoms with Crippen LogP contribution in [-0.4, -0.2) is 17.1 Å². The lowest BCUT2D eigenvalue weighted by Crippen LogP contribution is -2.48. The number of carbonyl (C=O) groups excluding carboxylic acids is 1. The Labute approximate surface area is 170 Å². The van der Waals surface area contributed by atoms with Crippen molar-refractivity contribution in [2.24, 2.45) is 0 Å². The normalized spacial score (nSPS) is 11.6. The molecule has 0 aliphatic rings. The summed E-state index contributed by atoms with van der Waals surface area (Å²) in [6.45, 7) is 3.37. The lowest BCUT2D eigenvalue weighted by atomic mass is 10.1. The average Bonchev–Trinajstić information content (AvgIpc) is 2.67. The lowest BCUT2D eigenvalue weighted by Gasteiger charge is -2.16. The second-order valence-corrected chi connectivity index (χ2v) is 6.65. The van der Waals surface area contributed by atoms with Gasteiger partial charge in [0.1, 0.15) is 17.1 Å². The van der Waals surface area contributed by atoms with Gasteiger partial charge in [-0.3, -0.25) is 15.6 Å². The molecule has 2 aromatic carbocycles. The van der Waals surface area contributed by atoms with Crippen LogP contribution in [0.1, 0.15) is 12.5 Å². The van der Waals surface area contributed by atoms with Gasteiger partial charge in [-0.1, -0.05) is 0 Å². The number of anilines is 1. The van der Waals surface area contributed by atoms with Crippen molar-refractivity contribution in [3.63, 3.8) is 0 Å². The quantitative estimate of drug-likeness (QED) is 0.343. The Morgan fingerprint density at radius 1 is 1.14 bits per heavy atom. The number of rotatable bonds is 4. The van der Waals surface area contributed by atoms with Crippen LogP contribution in [0.4, 0.5) is 10.1 Å². The Bertz CT molecular complexity index is 1110. The van der Waals surface area contributed by atoms with Gasteiger partial charge in [-0.15, -0.1) is 0 Å². The standard InChI is InChI=1S/C20H18FN3O4S/c1-11-9-18(25)28-17-10-14(5-8-16(11)17)22-20(29)24-23-19(26)12(2)27-15-6-3-13(21)4-7-15/h3-10,12H,1-2H3,(H,23,26)(H2,22,24,29). The van der Waals surface area contributed by atoms with Crippen LogP contribution in [0.15, 0.2) is 57.7 Å². The van der Waals surface area contributed by atoms with Gasteiger partial charge in [-0.25, -0.2) is 9.18 Å². The summed E-state index contributed by atoms with van der Waals surface area (Å²) in [5.41, 5.74) is 6.37. The van der Waals surface area contributed by atoms with E-state index in [1.54, 1.807) is 25.1 Å². The van der Waals surface area contributed by atoms with Crippen LogP contribution in [0.25, 0.3) is 11.0 Å². The summed E-state index contributed by atoms with van der Waals surface area (Å²) >= 11 is 5.15. The summed E-state index contributed by atoms with van der Waals surface area (Å²) in [4.78, 5) is 23.6. The molecule has 3 N–H and O–H groups in total. The van der Waals surface area contributed by atoms with Crippen LogP contribution in [0.2, 0.25) is 0 Å². The zero-order valence-electron chi connectivity index (χ0n) is 15.6. The Hall–Kier alpha value is -3.46. The summed E-state index contributed by atoms with van der Waals surface area (Å²) in [5, 5.41) is 3.82. The smallest absolute Gasteiger partial charge is 0.336 e. The highest BCUT2D eigenvalue weighted by Crippen LogP contribution is 2.20. The molecule has 0 saturated carbocycles. The zero-order valence-corrected chi connectivity index (χ0v) is 16.4. The van der Waals surface area contributed by atoms with Gasteiger partial charge in [0, 0.05) is 23.2 Å². The van der Waals surface area contributed by atoms with E-state index in [9.17, 15) is 14.0 Å². The van der Waals surface area contributed by atoms with Crippen molar-refractivity contribution in [1.29, 1.82) is 0 Å². The Kier molecular flexibility index (Phi) is 6.08. The molecule has 7 nitrogen and oxygen atoms in total. The van der Waals surface area contributed by atoms with Crippen LogP contribution in [0, 0.1) is 12.7 Å². The average molecular weight is 415 g/mol. The van der Waals surface area contributed by atoms with Crippen LogP contribution in [-0.2, 0) is 4.79 Å². The second-order valence-electron chi connectivity index (χ2n) is 6.24. The number of hydrogen-bond acceptors (Lipinski definition) is 5. The molecule has 1 amide bonds. The van der Waals surface area contributed by atoms with Crippen LogP contribution in [0.3, 0.4) is 0 Å². The molecular formula is C20H18FN3O4S. The first-order chi connectivity index (χ1) is 13.8. The first-order valence-electron chi connectivity index (χ1n) is 8.65. The number of thiocarbonyl (C=S) groups is 1. The van der Waals surface area contributed by atoms with Gasteiger partial charge < -0.3 is 14.5 Å². The molecule has 1 aromatic heterocycles. The number of halogens is 1. The van der Waals surface area contributed by atoms with E-state index in [1.807, 2.05) is 6.92 Å². The first kappa shape index (κ1) is 20.3. The maximum Gasteiger partial charge on any atom is 0.336 e. The zero-order chi connectivity index (χ0) is 21.0. The molecular weight excluding hydrogens is 397 g/mol. The Morgan fingerprint density at radius 2 is 1.86 bits per heavy atom. The summed E-state index contributed by atoms with van der Waals surface area (Å²) in [6.07, 6.45) is -0.839. The van der Waals surface area contributed by atoms with E-state index >= 15 is 0 Å². The molecule has 0 aliphatic carbocycles. The van der Waals surface area contributed by atoms with E-state index in [2.05, 4.69) is 16.2 Å². The Morgan fingerprint density at radius 3 is 2.59 bits per heavy atom. The van der Waals surface area contributed by atoms with Crippen molar-refractivity contribution in [1.82, 2.24) is 10.9 Å². The third-order valence-corrected chi connectivity index (χ3v) is 4.21. The monoisotopic (exact) mass is 415 g/mol. The third-order valence-electron chi connectivity index (χ3n) is 4.00. The molecule has 0 bridgehead atoms. The molecule has 0 fully saturated rings. The lowest BCUT2D eigenvalue weighted by molar-refractivity contribution is -0.127. The van der Waals surface area contributed by atoms with Crippen LogP contribution >= 0.6 is 12.2 Å². The van der Waals surface area contributed by atoms with Gasteiger partial charge in [0.2, 0.25) is 0 Å². The molecule has 3 rings (SSSR count). The van der Waals surface area contributed by atoms with E-state index < -0.39 is 23.5 Å². The van der Waals surface area contributed by atoms with Gasteiger partial charge in [-0.05, 0) is 68.0 Å². The van der Waals surface area contributed by atoms with Crippen molar-refractivity contribution in [3.8, 4) is 5.75 Å². The molecule has 0 aliphatic heterocycles. The molecule has 150 valence electrons. The van der Waals surface area contributed by atoms with Gasteiger partial charge in [0.15, 0.2) is 11.2 Å². The Balaban J connectivity index is 1.55. The van der Waals surface area contributed by atoms with E-state index in [-0.39, 0.29) is 5.11 Å². The van der Waals surface area contributed by atoms with Crippen molar-refractivity contribution in [2.45, 2.75) is 20.0 Å². The largest absolute Gasteiger partial charge is 0.481 e. The van der Waals surface area contributed by atoms with Crippen molar-refractivity contribution in [2.75, 3.05) is 5.32 Å². The number of benzene rings is 2. The number of ether oxygens (including phenoxy) is 1. The fourth-order valence-corrected chi connectivity index (χ4v) is 2.72. The minimum Gasteiger partial charge on any atom is -0.481 e. The molecule has 0 spiro atoms. The highest BCUT2D eigenvalue weighted by Gasteiger charge is 2.15. The molecule has 29 heavy (non-hydrogen) atoms. The summed E-state index contributed by atoms with van der Waals surface area (Å²) in [7, 11) is 0. The molecule has 0 saturated heterocycles. The number of hydrazine groups is 1. The van der Waals surface area contributed by atoms with E-state index in [0.717, 1.165) is 10.9 Å². The summed E-state index contributed by atoms with van der Waals surface area (Å²) in [5.74, 6) is -0.503. The van der Waals surface area contributed by atoms with Gasteiger partial charge in [0.25, 0.3) is 5.91 Å². The highest BCUT2D eigenvalue weighted by molar-refractivity contribution is 7.80. The topological polar surface area (TPSA) is 92.6 Å². The first-order valence-corrected chi connectivity index (χ1v) is 9.06. The van der Waals surface area contributed by atoms with Crippen molar-refractivity contribution < 1.29 is 18.3 Å². The fraction of sp³-hybridized carbons (Fsp3) is 0.150. The SMILES string of the molecule is Cc1cc(=O)oc2cc(NC(=S)NNC(=O)C(C)Oc3ccc(F)cc3)ccc12. The van der Waals surface area contributed by atoms with Gasteiger partial charge in [-0.2, -0.15) is 0 Å². The maximum absolute atomic E-state index is 12.9. The number of hydrogen-bond donors (Lipinski definition) is 3. The minimum absolute atomic E-state index is 0.127. The third kappa shape index (κ3) is 5.29. The number of nitrogens with one attached hydrogen (secondary N) is 3. The number of amides is 1. The number of carbonyl (C=O) groups is 1. The minimum atomic E-state index is -0.839. The number of fused-ring (bicyclic) bond motifs is 1. The van der Waals surface area contributed by atoms with Gasteiger partial charge in [0.05, 0.1) is 0 Å². The molecule has 9 heteroatoms. The summed E-state index contributed by atoms with van der Waals surface area (Å²) in [6, 6.07) is 12.0. The van der Waals surface area contributed by atoms with Crippen LogP contribution in [0.5, 0.6) is 5.75 Å². The second kappa shape index (κ2) is 8.70. The molecule has 1 atom stereocenters.